The molecule has 0 saturated heterocycles. The summed E-state index contributed by atoms with van der Waals surface area (Å²) in [4.78, 5) is 3.35. The van der Waals surface area contributed by atoms with Gasteiger partial charge in [0.25, 0.3) is 5.26 Å². The minimum Gasteiger partial charge on any atom is -0.193 e. The minimum absolute atomic E-state index is 0.461. The van der Waals surface area contributed by atoms with Gasteiger partial charge in [0, 0.05) is 11.5 Å². The average molecular weight is 118 g/mol. The van der Waals surface area contributed by atoms with E-state index in [1.54, 1.807) is 6.92 Å². The Bertz CT molecular complexity index is 145. The highest BCUT2D eigenvalue weighted by molar-refractivity contribution is 7.03. The number of nitrogens with zero attached hydrogens (tertiary/aromatic N) is 2. The quantitative estimate of drug-likeness (QED) is 0.507. The lowest BCUT2D eigenvalue weighted by Gasteiger charge is -1.64. The second-order valence-electron chi connectivity index (χ2n) is 1.09. The van der Waals surface area contributed by atoms with Crippen molar-refractivity contribution < 1.29 is 4.39 Å². The molecule has 0 unspecified atom stereocenters. The van der Waals surface area contributed by atoms with Crippen LogP contribution in [-0.2, 0) is 0 Å². The molecule has 7 heavy (non-hydrogen) atoms. The van der Waals surface area contributed by atoms with Crippen molar-refractivity contribution in [3.8, 4) is 0 Å². The summed E-state index contributed by atoms with van der Waals surface area (Å²) < 4.78 is 15.3. The van der Waals surface area contributed by atoms with Crippen LogP contribution in [0, 0.1) is 12.2 Å². The van der Waals surface area contributed by atoms with Gasteiger partial charge in [-0.15, -0.1) is 0 Å². The van der Waals surface area contributed by atoms with Gasteiger partial charge in [0.15, 0.2) is 0 Å². The highest BCUT2D eigenvalue weighted by atomic mass is 32.1. The fourth-order valence-electron chi connectivity index (χ4n) is 0.272. The van der Waals surface area contributed by atoms with Crippen molar-refractivity contribution in [2.75, 3.05) is 0 Å². The van der Waals surface area contributed by atoms with Crippen molar-refractivity contribution >= 4 is 11.5 Å². The van der Waals surface area contributed by atoms with Crippen LogP contribution in [-0.4, -0.2) is 9.36 Å². The average Bonchev–Trinajstić information content (AvgIpc) is 1.87. The first kappa shape index (κ1) is 4.64. The van der Waals surface area contributed by atoms with Crippen LogP contribution in [0.15, 0.2) is 0 Å². The van der Waals surface area contributed by atoms with Crippen LogP contribution in [0.1, 0.15) is 5.82 Å². The molecule has 0 radical (unpaired) electrons. The summed E-state index contributed by atoms with van der Waals surface area (Å²) in [7, 11) is 0. The van der Waals surface area contributed by atoms with Gasteiger partial charge in [-0.25, -0.2) is 0 Å². The van der Waals surface area contributed by atoms with Gasteiger partial charge < -0.3 is 0 Å². The lowest BCUT2D eigenvalue weighted by atomic mass is 10.8. The van der Waals surface area contributed by atoms with Gasteiger partial charge in [-0.05, 0) is 6.92 Å². The molecule has 1 aromatic rings. The molecule has 0 amide bonds. The molecule has 0 aliphatic rings. The summed E-state index contributed by atoms with van der Waals surface area (Å²) in [6.07, 6.45) is 0. The van der Waals surface area contributed by atoms with E-state index in [9.17, 15) is 4.39 Å². The molecule has 1 rings (SSSR count). The molecule has 1 aromatic heterocycles. The van der Waals surface area contributed by atoms with Crippen LogP contribution in [0.4, 0.5) is 4.39 Å². The Labute approximate surface area is 44.2 Å². The zero-order valence-corrected chi connectivity index (χ0v) is 4.50. The smallest absolute Gasteiger partial charge is 0.193 e. The van der Waals surface area contributed by atoms with Gasteiger partial charge in [0.05, 0.1) is 0 Å². The summed E-state index contributed by atoms with van der Waals surface area (Å²) in [5, 5.41) is -0.461. The summed E-state index contributed by atoms with van der Waals surface area (Å²) in [5.41, 5.74) is 0. The first-order chi connectivity index (χ1) is 3.29. The Morgan fingerprint density at radius 3 is 2.57 bits per heavy atom. The molecule has 2 nitrogen and oxygen atoms in total. The first-order valence-corrected chi connectivity index (χ1v) is 2.52. The van der Waals surface area contributed by atoms with Crippen LogP contribution < -0.4 is 0 Å². The maximum Gasteiger partial charge on any atom is 0.288 e. The third-order valence-corrected chi connectivity index (χ3v) is 1.10. The van der Waals surface area contributed by atoms with Gasteiger partial charge in [-0.1, -0.05) is 0 Å². The fourth-order valence-corrected chi connectivity index (χ4v) is 0.693. The Hall–Kier alpha value is -0.510. The standard InChI is InChI=1S/C3H3FN2S/c1-2-5-3(4)7-6-2/h1H3. The van der Waals surface area contributed by atoms with E-state index in [0.29, 0.717) is 5.82 Å². The molecule has 0 atom stereocenters. The van der Waals surface area contributed by atoms with Crippen molar-refractivity contribution in [3.05, 3.63) is 11.1 Å². The van der Waals surface area contributed by atoms with E-state index in [1.807, 2.05) is 0 Å². The maximum atomic E-state index is 11.8. The summed E-state index contributed by atoms with van der Waals surface area (Å²) in [6.45, 7) is 1.65. The predicted molar refractivity (Wildman–Crippen MR) is 24.6 cm³/mol. The first-order valence-electron chi connectivity index (χ1n) is 1.75. The van der Waals surface area contributed by atoms with E-state index in [-0.39, 0.29) is 0 Å². The van der Waals surface area contributed by atoms with Gasteiger partial charge >= 0.3 is 0 Å². The number of rotatable bonds is 0. The lowest BCUT2D eigenvalue weighted by Crippen LogP contribution is -1.70. The number of aromatic nitrogens is 2. The van der Waals surface area contributed by atoms with Gasteiger partial charge in [0.1, 0.15) is 5.82 Å². The summed E-state index contributed by atoms with van der Waals surface area (Å²) in [6, 6.07) is 0. The molecule has 0 saturated carbocycles. The number of hydrogen-bond acceptors (Lipinski definition) is 3. The molecule has 1 heterocycles. The highest BCUT2D eigenvalue weighted by Crippen LogP contribution is 1.98. The molecule has 0 fully saturated rings. The molecular formula is C3H3FN2S. The molecule has 0 aliphatic heterocycles. The van der Waals surface area contributed by atoms with Crippen molar-refractivity contribution in [1.29, 1.82) is 0 Å². The third kappa shape index (κ3) is 0.928. The summed E-state index contributed by atoms with van der Waals surface area (Å²) in [5.74, 6) is 0.502. The van der Waals surface area contributed by atoms with Crippen LogP contribution >= 0.6 is 11.5 Å². The fraction of sp³-hybridized carbons (Fsp3) is 0.333. The zero-order chi connectivity index (χ0) is 5.28. The van der Waals surface area contributed by atoms with E-state index in [2.05, 4.69) is 9.36 Å². The van der Waals surface area contributed by atoms with Crippen LogP contribution in [0.25, 0.3) is 0 Å². The SMILES string of the molecule is Cc1nsc(F)n1. The van der Waals surface area contributed by atoms with Gasteiger partial charge in [0.2, 0.25) is 0 Å². The third-order valence-electron chi connectivity index (χ3n) is 0.503. The van der Waals surface area contributed by atoms with Gasteiger partial charge in [-0.2, -0.15) is 13.7 Å². The van der Waals surface area contributed by atoms with E-state index >= 15 is 0 Å². The molecule has 0 bridgehead atoms. The molecule has 38 valence electrons. The molecule has 0 spiro atoms. The Morgan fingerprint density at radius 1 is 1.71 bits per heavy atom. The predicted octanol–water partition coefficient (Wildman–Crippen LogP) is 0.986. The van der Waals surface area contributed by atoms with Crippen molar-refractivity contribution in [2.45, 2.75) is 6.92 Å². The maximum absolute atomic E-state index is 11.8. The van der Waals surface area contributed by atoms with Crippen LogP contribution in [0.5, 0.6) is 0 Å². The number of halogens is 1. The van der Waals surface area contributed by atoms with E-state index in [0.717, 1.165) is 11.5 Å². The summed E-state index contributed by atoms with van der Waals surface area (Å²) >= 11 is 0.777. The zero-order valence-electron chi connectivity index (χ0n) is 3.68. The monoisotopic (exact) mass is 118 g/mol. The molecule has 0 N–H and O–H groups in total. The van der Waals surface area contributed by atoms with Crippen molar-refractivity contribution in [2.24, 2.45) is 0 Å². The normalized spacial score (nSPS) is 9.43. The minimum atomic E-state index is -0.461. The Balaban J connectivity index is 3.04. The molecule has 0 aromatic carbocycles. The number of aryl methyl sites for hydroxylation is 1. The van der Waals surface area contributed by atoms with Crippen molar-refractivity contribution in [3.63, 3.8) is 0 Å². The van der Waals surface area contributed by atoms with Crippen LogP contribution in [0.2, 0.25) is 0 Å². The van der Waals surface area contributed by atoms with E-state index < -0.39 is 5.26 Å². The highest BCUT2D eigenvalue weighted by Gasteiger charge is 1.92. The Morgan fingerprint density at radius 2 is 2.43 bits per heavy atom. The van der Waals surface area contributed by atoms with E-state index in [4.69, 9.17) is 0 Å². The number of hydrogen-bond donors (Lipinski definition) is 0. The van der Waals surface area contributed by atoms with E-state index in [1.165, 1.54) is 0 Å². The second-order valence-corrected chi connectivity index (χ2v) is 1.80. The largest absolute Gasteiger partial charge is 0.288 e. The molecule has 4 heteroatoms. The lowest BCUT2D eigenvalue weighted by molar-refractivity contribution is 0.614. The Kier molecular flexibility index (Phi) is 1.02. The van der Waals surface area contributed by atoms with Gasteiger partial charge in [-0.3, -0.25) is 0 Å². The molecular weight excluding hydrogens is 115 g/mol. The molecule has 0 aliphatic carbocycles. The second kappa shape index (κ2) is 1.54. The van der Waals surface area contributed by atoms with Crippen molar-refractivity contribution in [1.82, 2.24) is 9.36 Å². The van der Waals surface area contributed by atoms with Crippen LogP contribution in [0.3, 0.4) is 0 Å². The topological polar surface area (TPSA) is 25.8 Å².